The third kappa shape index (κ3) is 3.74. The number of piperidine rings is 1. The molecule has 0 spiro atoms. The molecule has 3 aliphatic rings. The minimum absolute atomic E-state index is 0.141. The number of aromatic nitrogens is 1. The number of benzene rings is 1. The van der Waals surface area contributed by atoms with Crippen LogP contribution in [0.3, 0.4) is 0 Å². The number of urea groups is 1. The van der Waals surface area contributed by atoms with E-state index in [0.29, 0.717) is 30.3 Å². The molecule has 0 aliphatic carbocycles. The molecule has 3 N–H and O–H groups in total. The van der Waals surface area contributed by atoms with E-state index in [9.17, 15) is 4.79 Å². The topological polar surface area (TPSA) is 89.7 Å². The Morgan fingerprint density at radius 1 is 1.17 bits per heavy atom. The van der Waals surface area contributed by atoms with Gasteiger partial charge < -0.3 is 20.5 Å². The molecule has 3 aliphatic heterocycles. The van der Waals surface area contributed by atoms with Crippen molar-refractivity contribution in [3.05, 3.63) is 53.7 Å². The number of nitrogens with two attached hydrogens (primary N) is 1. The van der Waals surface area contributed by atoms with E-state index in [1.807, 2.05) is 12.1 Å². The number of nitrogens with one attached hydrogen (secondary N) is 1. The second kappa shape index (κ2) is 7.55. The van der Waals surface area contributed by atoms with Crippen molar-refractivity contribution in [1.82, 2.24) is 15.2 Å². The Bertz CT molecular complexity index is 874. The molecular weight excluding hydrogens is 368 g/mol. The predicted molar refractivity (Wildman–Crippen MR) is 108 cm³/mol. The molecule has 5 rings (SSSR count). The van der Waals surface area contributed by atoms with Crippen molar-refractivity contribution in [3.63, 3.8) is 0 Å². The summed E-state index contributed by atoms with van der Waals surface area (Å²) in [6, 6.07) is 13.2. The summed E-state index contributed by atoms with van der Waals surface area (Å²) in [4.78, 5) is 18.0. The van der Waals surface area contributed by atoms with Gasteiger partial charge in [-0.1, -0.05) is 24.3 Å². The lowest BCUT2D eigenvalue weighted by Crippen LogP contribution is -2.51. The lowest BCUT2D eigenvalue weighted by atomic mass is 9.96. The van der Waals surface area contributed by atoms with Crippen molar-refractivity contribution in [2.24, 2.45) is 5.73 Å². The largest absolute Gasteiger partial charge is 0.484 e. The third-order valence-corrected chi connectivity index (χ3v) is 6.33. The Morgan fingerprint density at radius 3 is 2.66 bits per heavy atom. The molecule has 2 bridgehead atoms. The number of primary amides is 1. The average Bonchev–Trinajstić information content (AvgIpc) is 2.95. The van der Waals surface area contributed by atoms with E-state index in [-0.39, 0.29) is 12.1 Å². The predicted octanol–water partition coefficient (Wildman–Crippen LogP) is 2.76. The molecule has 0 radical (unpaired) electrons. The van der Waals surface area contributed by atoms with Gasteiger partial charge in [0.25, 0.3) is 5.88 Å². The number of hydrogen-bond acceptors (Lipinski definition) is 5. The van der Waals surface area contributed by atoms with E-state index in [4.69, 9.17) is 15.2 Å². The highest BCUT2D eigenvalue weighted by atomic mass is 16.6. The normalized spacial score (nSPS) is 28.1. The molecule has 4 heterocycles. The van der Waals surface area contributed by atoms with Crippen LogP contribution in [0.25, 0.3) is 0 Å². The van der Waals surface area contributed by atoms with E-state index >= 15 is 0 Å². The summed E-state index contributed by atoms with van der Waals surface area (Å²) < 4.78 is 11.8. The summed E-state index contributed by atoms with van der Waals surface area (Å²) in [6.07, 6.45) is 5.93. The zero-order chi connectivity index (χ0) is 19.8. The molecule has 7 nitrogen and oxygen atoms in total. The Morgan fingerprint density at radius 2 is 1.93 bits per heavy atom. The maximum absolute atomic E-state index is 11.2. The van der Waals surface area contributed by atoms with Gasteiger partial charge in [-0.2, -0.15) is 0 Å². The summed E-state index contributed by atoms with van der Waals surface area (Å²) >= 11 is 0. The molecule has 2 amide bonds. The van der Waals surface area contributed by atoms with Gasteiger partial charge in [0, 0.05) is 30.9 Å². The van der Waals surface area contributed by atoms with E-state index < -0.39 is 6.03 Å². The number of amides is 2. The van der Waals surface area contributed by atoms with Gasteiger partial charge in [0.15, 0.2) is 11.9 Å². The smallest absolute Gasteiger partial charge is 0.312 e. The third-order valence-electron chi connectivity index (χ3n) is 6.33. The fourth-order valence-electron chi connectivity index (χ4n) is 4.97. The minimum Gasteiger partial charge on any atom is -0.484 e. The van der Waals surface area contributed by atoms with E-state index in [2.05, 4.69) is 39.5 Å². The number of carbonyl (C=O) groups excluding carboxylic acids is 1. The van der Waals surface area contributed by atoms with Gasteiger partial charge in [-0.15, -0.1) is 0 Å². The van der Waals surface area contributed by atoms with Gasteiger partial charge in [0.2, 0.25) is 0 Å². The van der Waals surface area contributed by atoms with Crippen LogP contribution >= 0.6 is 0 Å². The Labute approximate surface area is 170 Å². The van der Waals surface area contributed by atoms with Crippen LogP contribution in [-0.2, 0) is 6.54 Å². The molecule has 2 fully saturated rings. The van der Waals surface area contributed by atoms with E-state index in [1.54, 1.807) is 6.20 Å². The number of carbonyl (C=O) groups is 1. The fourth-order valence-corrected chi connectivity index (χ4v) is 4.97. The second-order valence-corrected chi connectivity index (χ2v) is 8.20. The highest BCUT2D eigenvalue weighted by Crippen LogP contribution is 2.37. The fraction of sp³-hybridized carbons (Fsp3) is 0.455. The molecule has 2 saturated heterocycles. The molecule has 7 heteroatoms. The van der Waals surface area contributed by atoms with Gasteiger partial charge in [-0.25, -0.2) is 9.78 Å². The van der Waals surface area contributed by atoms with Gasteiger partial charge in [-0.05, 0) is 48.9 Å². The van der Waals surface area contributed by atoms with Crippen molar-refractivity contribution in [2.75, 3.05) is 6.61 Å². The van der Waals surface area contributed by atoms with Gasteiger partial charge in [-0.3, -0.25) is 4.90 Å². The lowest BCUT2D eigenvalue weighted by Gasteiger charge is -2.39. The minimum atomic E-state index is -0.412. The van der Waals surface area contributed by atoms with Crippen LogP contribution in [-0.4, -0.2) is 40.6 Å². The first kappa shape index (κ1) is 18.2. The summed E-state index contributed by atoms with van der Waals surface area (Å²) in [5.41, 5.74) is 7.70. The first-order valence-corrected chi connectivity index (χ1v) is 10.3. The average molecular weight is 394 g/mol. The summed E-state index contributed by atoms with van der Waals surface area (Å²) in [5, 5.41) is 2.90. The lowest BCUT2D eigenvalue weighted by molar-refractivity contribution is 0.0850. The van der Waals surface area contributed by atoms with Gasteiger partial charge in [0.1, 0.15) is 6.61 Å². The molecule has 29 heavy (non-hydrogen) atoms. The summed E-state index contributed by atoms with van der Waals surface area (Å²) in [5.74, 6) is 1.25. The number of rotatable bonds is 4. The Hall–Kier alpha value is -2.80. The number of hydrogen-bond donors (Lipinski definition) is 2. The first-order valence-electron chi connectivity index (χ1n) is 10.3. The van der Waals surface area contributed by atoms with Crippen LogP contribution in [0.1, 0.15) is 42.9 Å². The van der Waals surface area contributed by atoms with Crippen LogP contribution < -0.4 is 20.5 Å². The monoisotopic (exact) mass is 394 g/mol. The van der Waals surface area contributed by atoms with Crippen LogP contribution in [0.15, 0.2) is 42.6 Å². The van der Waals surface area contributed by atoms with Crippen LogP contribution in [0.5, 0.6) is 11.6 Å². The molecule has 0 saturated carbocycles. The maximum atomic E-state index is 11.2. The maximum Gasteiger partial charge on any atom is 0.312 e. The molecule has 2 unspecified atom stereocenters. The second-order valence-electron chi connectivity index (χ2n) is 8.20. The van der Waals surface area contributed by atoms with Crippen molar-refractivity contribution in [3.8, 4) is 11.6 Å². The molecule has 1 aromatic heterocycles. The van der Waals surface area contributed by atoms with Crippen molar-refractivity contribution >= 4 is 6.03 Å². The van der Waals surface area contributed by atoms with Gasteiger partial charge >= 0.3 is 6.03 Å². The number of fused-ring (bicyclic) bond motifs is 3. The van der Waals surface area contributed by atoms with Crippen LogP contribution in [0, 0.1) is 0 Å². The number of ether oxygens (including phenoxy) is 2. The first-order chi connectivity index (χ1) is 14.2. The molecule has 4 atom stereocenters. The summed E-state index contributed by atoms with van der Waals surface area (Å²) in [6.45, 7) is 1.42. The highest BCUT2D eigenvalue weighted by Gasteiger charge is 2.40. The molecule has 2 aromatic rings. The molecule has 152 valence electrons. The quantitative estimate of drug-likeness (QED) is 0.832. The Kier molecular flexibility index (Phi) is 4.75. The molecule has 1 aromatic carbocycles. The number of nitrogens with zero attached hydrogens (tertiary/aromatic N) is 2. The molecular formula is C22H26N4O3. The van der Waals surface area contributed by atoms with Crippen LogP contribution in [0.2, 0.25) is 0 Å². The Balaban J connectivity index is 1.22. The van der Waals surface area contributed by atoms with Crippen molar-refractivity contribution in [2.45, 2.75) is 56.5 Å². The zero-order valence-electron chi connectivity index (χ0n) is 16.3. The number of pyridine rings is 1. The highest BCUT2D eigenvalue weighted by molar-refractivity contribution is 5.72. The standard InChI is InChI=1S/C22H26N4O3/c23-22(27)25-16-10-17-7-8-18(11-16)26(17)12-14-3-5-15(6-4-14)20-13-28-19-2-1-9-24-21(19)29-20/h1-6,9,16-18,20H,7-8,10-13H2,(H3,23,25,27)/t16?,17-,18+,20?. The van der Waals surface area contributed by atoms with Crippen molar-refractivity contribution in [1.29, 1.82) is 0 Å². The van der Waals surface area contributed by atoms with Gasteiger partial charge in [0.05, 0.1) is 0 Å². The zero-order valence-corrected chi connectivity index (χ0v) is 16.3. The van der Waals surface area contributed by atoms with E-state index in [0.717, 1.165) is 24.9 Å². The SMILES string of the molecule is NC(=O)NC1C[C@H]2CC[C@@H](C1)N2Cc1ccc(C2COc3cccnc3O2)cc1. The van der Waals surface area contributed by atoms with Crippen molar-refractivity contribution < 1.29 is 14.3 Å². The van der Waals surface area contributed by atoms with E-state index in [1.165, 1.54) is 18.4 Å². The van der Waals surface area contributed by atoms with Crippen LogP contribution in [0.4, 0.5) is 4.79 Å². The summed E-state index contributed by atoms with van der Waals surface area (Å²) in [7, 11) is 0.